The number of anilines is 1. The summed E-state index contributed by atoms with van der Waals surface area (Å²) in [6.07, 6.45) is 0.664. The number of amides is 2. The van der Waals surface area contributed by atoms with Gasteiger partial charge in [-0.15, -0.1) is 11.8 Å². The van der Waals surface area contributed by atoms with Crippen LogP contribution in [0.15, 0.2) is 24.3 Å². The van der Waals surface area contributed by atoms with Crippen molar-refractivity contribution in [3.05, 3.63) is 30.1 Å². The van der Waals surface area contributed by atoms with Crippen LogP contribution in [0.1, 0.15) is 13.3 Å². The van der Waals surface area contributed by atoms with Crippen LogP contribution in [0.5, 0.6) is 0 Å². The van der Waals surface area contributed by atoms with Gasteiger partial charge in [-0.25, -0.2) is 14.0 Å². The Morgan fingerprint density at radius 2 is 2.24 bits per heavy atom. The molecule has 1 N–H and O–H groups in total. The van der Waals surface area contributed by atoms with Crippen molar-refractivity contribution in [3.8, 4) is 0 Å². The monoisotopic (exact) mass is 312 g/mol. The SMILES string of the molecule is CCC1SCC(C(=O)O)N1C(=O)N(C)c1cccc(F)c1. The predicted octanol–water partition coefficient (Wildman–Crippen LogP) is 2.62. The predicted molar refractivity (Wildman–Crippen MR) is 80.0 cm³/mol. The van der Waals surface area contributed by atoms with Crippen LogP contribution in [0.4, 0.5) is 14.9 Å². The Hall–Kier alpha value is -1.76. The van der Waals surface area contributed by atoms with E-state index in [1.165, 1.54) is 46.8 Å². The quantitative estimate of drug-likeness (QED) is 0.932. The maximum absolute atomic E-state index is 13.3. The number of nitrogens with zero attached hydrogens (tertiary/aromatic N) is 2. The van der Waals surface area contributed by atoms with Crippen molar-refractivity contribution in [2.24, 2.45) is 0 Å². The summed E-state index contributed by atoms with van der Waals surface area (Å²) in [5.41, 5.74) is 0.399. The molecule has 114 valence electrons. The summed E-state index contributed by atoms with van der Waals surface area (Å²) in [6.45, 7) is 1.91. The average Bonchev–Trinajstić information content (AvgIpc) is 2.89. The first kappa shape index (κ1) is 15.6. The van der Waals surface area contributed by atoms with Gasteiger partial charge in [0.2, 0.25) is 0 Å². The number of carbonyl (C=O) groups excluding carboxylic acids is 1. The summed E-state index contributed by atoms with van der Waals surface area (Å²) in [4.78, 5) is 26.6. The van der Waals surface area contributed by atoms with E-state index in [0.29, 0.717) is 17.9 Å². The second-order valence-electron chi connectivity index (χ2n) is 4.78. The van der Waals surface area contributed by atoms with Crippen molar-refractivity contribution in [3.63, 3.8) is 0 Å². The zero-order chi connectivity index (χ0) is 15.6. The molecule has 0 saturated carbocycles. The van der Waals surface area contributed by atoms with Crippen molar-refractivity contribution in [2.45, 2.75) is 24.8 Å². The summed E-state index contributed by atoms with van der Waals surface area (Å²) in [5, 5.41) is 9.08. The van der Waals surface area contributed by atoms with Crippen molar-refractivity contribution < 1.29 is 19.1 Å². The van der Waals surface area contributed by atoms with Crippen LogP contribution in [0.25, 0.3) is 0 Å². The molecule has 0 bridgehead atoms. The molecular weight excluding hydrogens is 295 g/mol. The van der Waals surface area contributed by atoms with Crippen molar-refractivity contribution in [2.75, 3.05) is 17.7 Å². The molecule has 5 nitrogen and oxygen atoms in total. The van der Waals surface area contributed by atoms with E-state index in [4.69, 9.17) is 0 Å². The van der Waals surface area contributed by atoms with Gasteiger partial charge in [-0.05, 0) is 24.6 Å². The lowest BCUT2D eigenvalue weighted by Gasteiger charge is -2.31. The summed E-state index contributed by atoms with van der Waals surface area (Å²) in [7, 11) is 1.52. The third kappa shape index (κ3) is 3.12. The largest absolute Gasteiger partial charge is 0.480 e. The highest BCUT2D eigenvalue weighted by molar-refractivity contribution is 8.00. The van der Waals surface area contributed by atoms with Crippen LogP contribution in [0.3, 0.4) is 0 Å². The highest BCUT2D eigenvalue weighted by Crippen LogP contribution is 2.33. The van der Waals surface area contributed by atoms with E-state index >= 15 is 0 Å². The molecule has 21 heavy (non-hydrogen) atoms. The Kier molecular flexibility index (Phi) is 4.72. The molecule has 0 spiro atoms. The van der Waals surface area contributed by atoms with Crippen LogP contribution in [-0.4, -0.2) is 46.2 Å². The van der Waals surface area contributed by atoms with Gasteiger partial charge >= 0.3 is 12.0 Å². The van der Waals surface area contributed by atoms with E-state index < -0.39 is 23.9 Å². The number of carbonyl (C=O) groups is 2. The van der Waals surface area contributed by atoms with Gasteiger partial charge in [-0.1, -0.05) is 13.0 Å². The van der Waals surface area contributed by atoms with Crippen LogP contribution in [0, 0.1) is 5.82 Å². The first-order valence-corrected chi connectivity index (χ1v) is 7.66. The topological polar surface area (TPSA) is 60.9 Å². The van der Waals surface area contributed by atoms with Crippen LogP contribution in [-0.2, 0) is 4.79 Å². The number of thioether (sulfide) groups is 1. The Labute approximate surface area is 126 Å². The molecule has 1 aliphatic heterocycles. The first-order valence-electron chi connectivity index (χ1n) is 6.61. The van der Waals surface area contributed by atoms with Gasteiger partial charge < -0.3 is 5.11 Å². The molecule has 1 fully saturated rings. The molecule has 7 heteroatoms. The summed E-state index contributed by atoms with van der Waals surface area (Å²) in [6, 6.07) is 4.40. The molecule has 2 amide bonds. The number of hydrogen-bond donors (Lipinski definition) is 1. The third-order valence-corrected chi connectivity index (χ3v) is 4.88. The minimum Gasteiger partial charge on any atom is -0.480 e. The molecule has 0 aliphatic carbocycles. The summed E-state index contributed by atoms with van der Waals surface area (Å²) in [5.74, 6) is -1.08. The smallest absolute Gasteiger partial charge is 0.327 e. The van der Waals surface area contributed by atoms with Crippen molar-refractivity contribution in [1.82, 2.24) is 4.90 Å². The molecule has 1 saturated heterocycles. The molecule has 1 heterocycles. The minimum atomic E-state index is -1.01. The number of hydrogen-bond acceptors (Lipinski definition) is 3. The van der Waals surface area contributed by atoms with Gasteiger partial charge in [0.05, 0.1) is 5.37 Å². The Bertz CT molecular complexity index is 555. The van der Waals surface area contributed by atoms with Gasteiger partial charge in [0.25, 0.3) is 0 Å². The van der Waals surface area contributed by atoms with E-state index in [0.717, 1.165) is 0 Å². The van der Waals surface area contributed by atoms with E-state index in [2.05, 4.69) is 0 Å². The lowest BCUT2D eigenvalue weighted by atomic mass is 10.2. The van der Waals surface area contributed by atoms with Crippen LogP contribution >= 0.6 is 11.8 Å². The number of carboxylic acid groups (broad SMARTS) is 1. The normalized spacial score (nSPS) is 21.4. The Morgan fingerprint density at radius 3 is 2.81 bits per heavy atom. The molecule has 2 atom stereocenters. The van der Waals surface area contributed by atoms with Crippen molar-refractivity contribution in [1.29, 1.82) is 0 Å². The second kappa shape index (κ2) is 6.34. The summed E-state index contributed by atoms with van der Waals surface area (Å²) < 4.78 is 13.3. The third-order valence-electron chi connectivity index (χ3n) is 3.43. The van der Waals surface area contributed by atoms with E-state index in [9.17, 15) is 19.1 Å². The molecule has 1 aliphatic rings. The van der Waals surface area contributed by atoms with E-state index in [1.54, 1.807) is 6.07 Å². The van der Waals surface area contributed by atoms with Gasteiger partial charge in [0, 0.05) is 18.5 Å². The fourth-order valence-electron chi connectivity index (χ4n) is 2.29. The minimum absolute atomic E-state index is 0.172. The highest BCUT2D eigenvalue weighted by Gasteiger charge is 2.42. The molecule has 0 radical (unpaired) electrons. The van der Waals surface area contributed by atoms with Gasteiger partial charge in [0.1, 0.15) is 11.9 Å². The number of carboxylic acids is 1. The number of aliphatic carboxylic acids is 1. The zero-order valence-corrected chi connectivity index (χ0v) is 12.6. The van der Waals surface area contributed by atoms with Gasteiger partial charge in [-0.2, -0.15) is 0 Å². The molecule has 2 unspecified atom stereocenters. The fraction of sp³-hybridized carbons (Fsp3) is 0.429. The van der Waals surface area contributed by atoms with Crippen LogP contribution < -0.4 is 4.90 Å². The molecule has 0 aromatic heterocycles. The lowest BCUT2D eigenvalue weighted by Crippen LogP contribution is -2.50. The number of urea groups is 1. The molecule has 1 aromatic carbocycles. The number of halogens is 1. The zero-order valence-electron chi connectivity index (χ0n) is 11.8. The fourth-order valence-corrected chi connectivity index (χ4v) is 3.63. The van der Waals surface area contributed by atoms with Crippen LogP contribution in [0.2, 0.25) is 0 Å². The van der Waals surface area contributed by atoms with Gasteiger partial charge in [0.15, 0.2) is 0 Å². The number of benzene rings is 1. The lowest BCUT2D eigenvalue weighted by molar-refractivity contribution is -0.141. The van der Waals surface area contributed by atoms with Gasteiger partial charge in [-0.3, -0.25) is 9.80 Å². The van der Waals surface area contributed by atoms with E-state index in [1.807, 2.05) is 6.92 Å². The maximum atomic E-state index is 13.3. The second-order valence-corrected chi connectivity index (χ2v) is 5.99. The molecule has 2 rings (SSSR count). The molecular formula is C14H17FN2O3S. The first-order chi connectivity index (χ1) is 9.95. The average molecular weight is 312 g/mol. The Balaban J connectivity index is 2.25. The summed E-state index contributed by atoms with van der Waals surface area (Å²) >= 11 is 1.45. The van der Waals surface area contributed by atoms with Crippen molar-refractivity contribution >= 4 is 29.4 Å². The van der Waals surface area contributed by atoms with E-state index in [-0.39, 0.29) is 5.37 Å². The Morgan fingerprint density at radius 1 is 1.52 bits per heavy atom. The highest BCUT2D eigenvalue weighted by atomic mass is 32.2. The number of rotatable bonds is 3. The standard InChI is InChI=1S/C14H17FN2O3S/c1-3-12-17(11(8-21-12)13(18)19)14(20)16(2)10-6-4-5-9(15)7-10/h4-7,11-12H,3,8H2,1-2H3,(H,18,19). The molecule has 1 aromatic rings. The maximum Gasteiger partial charge on any atom is 0.327 e.